The maximum absolute atomic E-state index is 5.45. The molecule has 2 heterocycles. The van der Waals surface area contributed by atoms with Crippen LogP contribution < -0.4 is 14.8 Å². The Morgan fingerprint density at radius 1 is 1.00 bits per heavy atom. The zero-order valence-electron chi connectivity index (χ0n) is 15.7. The summed E-state index contributed by atoms with van der Waals surface area (Å²) in [5.41, 5.74) is 2.99. The van der Waals surface area contributed by atoms with Crippen molar-refractivity contribution in [2.75, 3.05) is 19.5 Å². The van der Waals surface area contributed by atoms with Crippen LogP contribution in [0.5, 0.6) is 11.5 Å². The van der Waals surface area contributed by atoms with Crippen LogP contribution in [0.1, 0.15) is 17.2 Å². The molecule has 1 atom stereocenters. The molecule has 0 saturated heterocycles. The van der Waals surface area contributed by atoms with Gasteiger partial charge in [0, 0.05) is 0 Å². The number of nitrogens with one attached hydrogen (secondary N) is 2. The van der Waals surface area contributed by atoms with Gasteiger partial charge in [-0.15, -0.1) is 0 Å². The number of methoxy groups -OCH3 is 2. The molecule has 0 amide bonds. The smallest absolute Gasteiger partial charge is 0.160 e. The highest BCUT2D eigenvalue weighted by Crippen LogP contribution is 2.31. The van der Waals surface area contributed by atoms with E-state index < -0.39 is 0 Å². The van der Waals surface area contributed by atoms with Gasteiger partial charge in [-0.1, -0.05) is 36.4 Å². The molecule has 0 radical (unpaired) electrons. The molecule has 142 valence electrons. The lowest BCUT2D eigenvalue weighted by atomic mass is 9.98. The Hall–Kier alpha value is -3.61. The van der Waals surface area contributed by atoms with Gasteiger partial charge >= 0.3 is 0 Å². The maximum atomic E-state index is 5.45. The summed E-state index contributed by atoms with van der Waals surface area (Å²) in [5, 5.41) is 11.4. The predicted molar refractivity (Wildman–Crippen MR) is 108 cm³/mol. The molecule has 2 N–H and O–H groups in total. The summed E-state index contributed by atoms with van der Waals surface area (Å²) in [6.45, 7) is 0. The van der Waals surface area contributed by atoms with Crippen molar-refractivity contribution in [3.8, 4) is 11.5 Å². The number of hydrogen-bond donors (Lipinski definition) is 2. The van der Waals surface area contributed by atoms with Crippen LogP contribution in [0, 0.1) is 0 Å². The molecule has 7 nitrogen and oxygen atoms in total. The molecule has 4 rings (SSSR count). The lowest BCUT2D eigenvalue weighted by molar-refractivity contribution is 0.354. The van der Waals surface area contributed by atoms with E-state index in [4.69, 9.17) is 9.47 Å². The van der Waals surface area contributed by atoms with E-state index in [9.17, 15) is 0 Å². The Kier molecular flexibility index (Phi) is 5.05. The first-order chi connectivity index (χ1) is 13.8. The molecule has 0 spiro atoms. The Bertz CT molecular complexity index is 1060. The van der Waals surface area contributed by atoms with E-state index in [2.05, 4.69) is 37.6 Å². The van der Waals surface area contributed by atoms with Crippen molar-refractivity contribution in [3.05, 3.63) is 72.2 Å². The number of ether oxygens (including phenoxy) is 2. The molecule has 4 aromatic rings. The van der Waals surface area contributed by atoms with Crippen molar-refractivity contribution < 1.29 is 9.47 Å². The van der Waals surface area contributed by atoms with E-state index >= 15 is 0 Å². The van der Waals surface area contributed by atoms with Gasteiger partial charge in [0.15, 0.2) is 17.1 Å². The van der Waals surface area contributed by atoms with E-state index in [0.717, 1.165) is 28.8 Å². The Morgan fingerprint density at radius 2 is 1.82 bits per heavy atom. The first kappa shape index (κ1) is 17.8. The Morgan fingerprint density at radius 3 is 2.61 bits per heavy atom. The molecule has 0 fully saturated rings. The number of H-pyrrole nitrogens is 1. The average Bonchev–Trinajstić information content (AvgIpc) is 3.23. The fourth-order valence-corrected chi connectivity index (χ4v) is 3.23. The fourth-order valence-electron chi connectivity index (χ4n) is 3.23. The van der Waals surface area contributed by atoms with Gasteiger partial charge in [-0.3, -0.25) is 5.10 Å². The molecule has 0 saturated carbocycles. The molecule has 0 aliphatic carbocycles. The van der Waals surface area contributed by atoms with Gasteiger partial charge < -0.3 is 14.8 Å². The van der Waals surface area contributed by atoms with Crippen molar-refractivity contribution in [3.63, 3.8) is 0 Å². The first-order valence-corrected chi connectivity index (χ1v) is 8.95. The van der Waals surface area contributed by atoms with Gasteiger partial charge in [-0.2, -0.15) is 5.10 Å². The van der Waals surface area contributed by atoms with Crippen molar-refractivity contribution in [2.45, 2.75) is 12.5 Å². The summed E-state index contributed by atoms with van der Waals surface area (Å²) in [4.78, 5) is 8.63. The fraction of sp³-hybridized carbons (Fsp3) is 0.190. The van der Waals surface area contributed by atoms with Crippen LogP contribution in [0.4, 0.5) is 5.82 Å². The van der Waals surface area contributed by atoms with Crippen molar-refractivity contribution in [2.24, 2.45) is 0 Å². The molecule has 0 bridgehead atoms. The van der Waals surface area contributed by atoms with Crippen LogP contribution in [0.3, 0.4) is 0 Å². The topological polar surface area (TPSA) is 85.0 Å². The number of aromatic nitrogens is 4. The monoisotopic (exact) mass is 375 g/mol. The minimum Gasteiger partial charge on any atom is -0.493 e. The summed E-state index contributed by atoms with van der Waals surface area (Å²) in [5.74, 6) is 2.17. The third-order valence-electron chi connectivity index (χ3n) is 4.65. The maximum Gasteiger partial charge on any atom is 0.160 e. The lowest BCUT2D eigenvalue weighted by Crippen LogP contribution is -2.15. The number of aromatic amines is 1. The second kappa shape index (κ2) is 7.96. The minimum absolute atomic E-state index is 0.00676. The van der Waals surface area contributed by atoms with Gasteiger partial charge in [0.25, 0.3) is 0 Å². The van der Waals surface area contributed by atoms with E-state index in [1.807, 2.05) is 36.4 Å². The molecule has 7 heteroatoms. The molecule has 2 aromatic heterocycles. The second-order valence-corrected chi connectivity index (χ2v) is 6.36. The van der Waals surface area contributed by atoms with Gasteiger partial charge in [0.2, 0.25) is 0 Å². The van der Waals surface area contributed by atoms with Gasteiger partial charge in [-0.25, -0.2) is 9.97 Å². The van der Waals surface area contributed by atoms with E-state index in [0.29, 0.717) is 17.1 Å². The van der Waals surface area contributed by atoms with Gasteiger partial charge in [0.1, 0.15) is 12.1 Å². The van der Waals surface area contributed by atoms with Crippen molar-refractivity contribution in [1.82, 2.24) is 20.2 Å². The highest BCUT2D eigenvalue weighted by Gasteiger charge is 2.16. The van der Waals surface area contributed by atoms with Crippen LogP contribution in [-0.2, 0) is 6.42 Å². The van der Waals surface area contributed by atoms with Crippen LogP contribution in [0.25, 0.3) is 11.0 Å². The lowest BCUT2D eigenvalue weighted by Gasteiger charge is -2.21. The summed E-state index contributed by atoms with van der Waals surface area (Å²) < 4.78 is 10.8. The number of fused-ring (bicyclic) bond motifs is 1. The zero-order valence-corrected chi connectivity index (χ0v) is 15.7. The SMILES string of the molecule is COc1ccc(CC(Nc2ncnc3[nH]ncc23)c2ccccc2)cc1OC. The number of anilines is 1. The average molecular weight is 375 g/mol. The number of benzene rings is 2. The first-order valence-electron chi connectivity index (χ1n) is 8.95. The van der Waals surface area contributed by atoms with E-state index in [-0.39, 0.29) is 6.04 Å². The molecular formula is C21H21N5O2. The summed E-state index contributed by atoms with van der Waals surface area (Å²) in [7, 11) is 3.28. The van der Waals surface area contributed by atoms with Gasteiger partial charge in [-0.05, 0) is 29.7 Å². The van der Waals surface area contributed by atoms with Crippen LogP contribution in [0.2, 0.25) is 0 Å². The van der Waals surface area contributed by atoms with E-state index in [1.54, 1.807) is 20.4 Å². The minimum atomic E-state index is 0.00676. The standard InChI is InChI=1S/C21H21N5O2/c1-27-18-9-8-14(11-19(18)28-2)10-17(15-6-4-3-5-7-15)25-20-16-12-24-26-21(16)23-13-22-20/h3-9,11-13,17H,10H2,1-2H3,(H2,22,23,24,25,26). The van der Waals surface area contributed by atoms with Crippen molar-refractivity contribution in [1.29, 1.82) is 0 Å². The largest absolute Gasteiger partial charge is 0.493 e. The number of nitrogens with zero attached hydrogens (tertiary/aromatic N) is 3. The van der Waals surface area contributed by atoms with Crippen LogP contribution >= 0.6 is 0 Å². The number of rotatable bonds is 7. The van der Waals surface area contributed by atoms with Crippen molar-refractivity contribution >= 4 is 16.9 Å². The third kappa shape index (κ3) is 3.59. The highest BCUT2D eigenvalue weighted by molar-refractivity contribution is 5.85. The molecular weight excluding hydrogens is 354 g/mol. The summed E-state index contributed by atoms with van der Waals surface area (Å²) >= 11 is 0. The summed E-state index contributed by atoms with van der Waals surface area (Å²) in [6, 6.07) is 16.3. The quantitative estimate of drug-likeness (QED) is 0.511. The normalized spacial score (nSPS) is 11.9. The molecule has 0 aliphatic heterocycles. The molecule has 1 unspecified atom stereocenters. The van der Waals surface area contributed by atoms with Crippen LogP contribution in [0.15, 0.2) is 61.1 Å². The highest BCUT2D eigenvalue weighted by atomic mass is 16.5. The van der Waals surface area contributed by atoms with E-state index in [1.165, 1.54) is 6.33 Å². The third-order valence-corrected chi connectivity index (χ3v) is 4.65. The summed E-state index contributed by atoms with van der Waals surface area (Å²) in [6.07, 6.45) is 4.01. The molecule has 0 aliphatic rings. The molecule has 28 heavy (non-hydrogen) atoms. The van der Waals surface area contributed by atoms with Gasteiger partial charge in [0.05, 0.1) is 31.8 Å². The number of hydrogen-bond acceptors (Lipinski definition) is 6. The predicted octanol–water partition coefficient (Wildman–Crippen LogP) is 3.77. The Labute approximate surface area is 162 Å². The van der Waals surface area contributed by atoms with Crippen LogP contribution in [-0.4, -0.2) is 34.4 Å². The Balaban J connectivity index is 1.68. The molecule has 2 aromatic carbocycles. The second-order valence-electron chi connectivity index (χ2n) is 6.36. The zero-order chi connectivity index (χ0) is 19.3.